The lowest BCUT2D eigenvalue weighted by Gasteiger charge is -2.26. The van der Waals surface area contributed by atoms with Crippen LogP contribution in [0.15, 0.2) is 48.6 Å². The fourth-order valence-electron chi connectivity index (χ4n) is 4.48. The molecule has 3 rings (SSSR count). The summed E-state index contributed by atoms with van der Waals surface area (Å²) in [6.07, 6.45) is 18.1. The third kappa shape index (κ3) is 4.85. The summed E-state index contributed by atoms with van der Waals surface area (Å²) >= 11 is 0. The van der Waals surface area contributed by atoms with Crippen LogP contribution >= 0.6 is 0 Å². The first-order chi connectivity index (χ1) is 11.7. The second-order valence-corrected chi connectivity index (χ2v) is 8.21. The number of hydrogen-bond donors (Lipinski definition) is 0. The second kappa shape index (κ2) is 8.70. The zero-order valence-corrected chi connectivity index (χ0v) is 15.5. The third-order valence-electron chi connectivity index (χ3n) is 6.28. The molecule has 0 aliphatic heterocycles. The molecule has 2 saturated carbocycles. The molecule has 0 nitrogen and oxygen atoms in total. The van der Waals surface area contributed by atoms with E-state index in [1.54, 1.807) is 5.56 Å². The van der Waals surface area contributed by atoms with Crippen LogP contribution in [0.1, 0.15) is 81.8 Å². The Kier molecular flexibility index (Phi) is 6.35. The van der Waals surface area contributed by atoms with Crippen molar-refractivity contribution < 1.29 is 0 Å². The van der Waals surface area contributed by atoms with E-state index in [0.29, 0.717) is 0 Å². The Labute approximate surface area is 149 Å². The third-order valence-corrected chi connectivity index (χ3v) is 6.28. The van der Waals surface area contributed by atoms with Gasteiger partial charge in [0.05, 0.1) is 0 Å². The molecule has 1 aromatic carbocycles. The zero-order chi connectivity index (χ0) is 16.8. The van der Waals surface area contributed by atoms with E-state index in [1.165, 1.54) is 68.9 Å². The van der Waals surface area contributed by atoms with Gasteiger partial charge < -0.3 is 0 Å². The first-order valence-electron chi connectivity index (χ1n) is 10.2. The van der Waals surface area contributed by atoms with Gasteiger partial charge in [-0.2, -0.15) is 0 Å². The Hall–Kier alpha value is -1.30. The highest BCUT2D eigenvalue weighted by Gasteiger charge is 2.19. The molecular formula is C24H34. The summed E-state index contributed by atoms with van der Waals surface area (Å²) in [6, 6.07) is 9.41. The monoisotopic (exact) mass is 322 g/mol. The summed E-state index contributed by atoms with van der Waals surface area (Å²) in [5, 5.41) is 0. The SMILES string of the molecule is C=C(/C=C\Cc1ccc(C2CCCCC2)cc1)C1CCC(C)CC1. The number of rotatable bonds is 5. The molecule has 0 unspecified atom stereocenters. The average molecular weight is 323 g/mol. The lowest BCUT2D eigenvalue weighted by molar-refractivity contribution is 0.324. The molecule has 2 aliphatic carbocycles. The van der Waals surface area contributed by atoms with Crippen molar-refractivity contribution in [1.82, 2.24) is 0 Å². The van der Waals surface area contributed by atoms with Crippen molar-refractivity contribution in [1.29, 1.82) is 0 Å². The predicted molar refractivity (Wildman–Crippen MR) is 105 cm³/mol. The summed E-state index contributed by atoms with van der Waals surface area (Å²) in [4.78, 5) is 0. The molecule has 0 heteroatoms. The van der Waals surface area contributed by atoms with Gasteiger partial charge in [0, 0.05) is 0 Å². The fraction of sp³-hybridized carbons (Fsp3) is 0.583. The van der Waals surface area contributed by atoms with Crippen LogP contribution < -0.4 is 0 Å². The molecule has 0 heterocycles. The molecular weight excluding hydrogens is 288 g/mol. The van der Waals surface area contributed by atoms with E-state index in [-0.39, 0.29) is 0 Å². The maximum Gasteiger partial charge on any atom is -0.00942 e. The normalized spacial score (nSPS) is 25.9. The summed E-state index contributed by atoms with van der Waals surface area (Å²) in [7, 11) is 0. The summed E-state index contributed by atoms with van der Waals surface area (Å²) in [6.45, 7) is 6.70. The van der Waals surface area contributed by atoms with Crippen LogP contribution in [-0.2, 0) is 6.42 Å². The largest absolute Gasteiger partial charge is 0.0956 e. The van der Waals surface area contributed by atoms with Crippen LogP contribution in [0.5, 0.6) is 0 Å². The van der Waals surface area contributed by atoms with Crippen LogP contribution in [0.2, 0.25) is 0 Å². The number of benzene rings is 1. The zero-order valence-electron chi connectivity index (χ0n) is 15.5. The highest BCUT2D eigenvalue weighted by molar-refractivity contribution is 5.28. The van der Waals surface area contributed by atoms with Crippen LogP contribution in [-0.4, -0.2) is 0 Å². The maximum atomic E-state index is 4.32. The topological polar surface area (TPSA) is 0 Å². The van der Waals surface area contributed by atoms with Gasteiger partial charge in [0.15, 0.2) is 0 Å². The molecule has 24 heavy (non-hydrogen) atoms. The first kappa shape index (κ1) is 17.5. The van der Waals surface area contributed by atoms with Gasteiger partial charge >= 0.3 is 0 Å². The Morgan fingerprint density at radius 3 is 2.29 bits per heavy atom. The molecule has 2 fully saturated rings. The minimum absolute atomic E-state index is 0.728. The van der Waals surface area contributed by atoms with E-state index < -0.39 is 0 Å². The van der Waals surface area contributed by atoms with Gasteiger partial charge in [-0.05, 0) is 61.0 Å². The van der Waals surface area contributed by atoms with Gasteiger partial charge in [-0.1, -0.05) is 87.6 Å². The molecule has 1 aromatic rings. The standard InChI is InChI=1S/C24H34/c1-19-11-15-22(16-12-19)20(2)7-6-8-21-13-17-24(18-14-21)23-9-4-3-5-10-23/h6-7,13-14,17-19,22-23H,2-5,8-12,15-16H2,1H3/b7-6-. The Balaban J connectivity index is 1.48. The van der Waals surface area contributed by atoms with Crippen molar-refractivity contribution >= 4 is 0 Å². The Morgan fingerprint density at radius 2 is 1.62 bits per heavy atom. The molecule has 0 saturated heterocycles. The van der Waals surface area contributed by atoms with E-state index >= 15 is 0 Å². The fourth-order valence-corrected chi connectivity index (χ4v) is 4.48. The van der Waals surface area contributed by atoms with Crippen molar-refractivity contribution in [3.8, 4) is 0 Å². The summed E-state index contributed by atoms with van der Waals surface area (Å²) < 4.78 is 0. The number of hydrogen-bond acceptors (Lipinski definition) is 0. The highest BCUT2D eigenvalue weighted by Crippen LogP contribution is 2.33. The molecule has 0 N–H and O–H groups in total. The van der Waals surface area contributed by atoms with E-state index in [9.17, 15) is 0 Å². The second-order valence-electron chi connectivity index (χ2n) is 8.21. The van der Waals surface area contributed by atoms with Gasteiger partial charge in [-0.25, -0.2) is 0 Å². The van der Waals surface area contributed by atoms with E-state index in [4.69, 9.17) is 0 Å². The molecule has 0 radical (unpaired) electrons. The molecule has 0 aromatic heterocycles. The van der Waals surface area contributed by atoms with Gasteiger partial charge in [-0.3, -0.25) is 0 Å². The average Bonchev–Trinajstić information content (AvgIpc) is 2.63. The summed E-state index contributed by atoms with van der Waals surface area (Å²) in [5.41, 5.74) is 4.33. The van der Waals surface area contributed by atoms with Crippen molar-refractivity contribution in [3.63, 3.8) is 0 Å². The van der Waals surface area contributed by atoms with Gasteiger partial charge in [0.25, 0.3) is 0 Å². The quantitative estimate of drug-likeness (QED) is 0.502. The predicted octanol–water partition coefficient (Wildman–Crippen LogP) is 7.22. The van der Waals surface area contributed by atoms with Crippen LogP contribution in [0, 0.1) is 11.8 Å². The highest BCUT2D eigenvalue weighted by atomic mass is 14.2. The molecule has 0 spiro atoms. The molecule has 0 amide bonds. The molecule has 0 atom stereocenters. The van der Waals surface area contributed by atoms with Crippen LogP contribution in [0.3, 0.4) is 0 Å². The Bertz CT molecular complexity index is 534. The van der Waals surface area contributed by atoms with Gasteiger partial charge in [0.1, 0.15) is 0 Å². The van der Waals surface area contributed by atoms with Crippen molar-refractivity contribution in [3.05, 3.63) is 59.7 Å². The van der Waals surface area contributed by atoms with Crippen molar-refractivity contribution in [2.45, 2.75) is 77.0 Å². The lowest BCUT2D eigenvalue weighted by atomic mass is 9.79. The van der Waals surface area contributed by atoms with Crippen LogP contribution in [0.4, 0.5) is 0 Å². The van der Waals surface area contributed by atoms with Crippen LogP contribution in [0.25, 0.3) is 0 Å². The van der Waals surface area contributed by atoms with Crippen molar-refractivity contribution in [2.24, 2.45) is 11.8 Å². The lowest BCUT2D eigenvalue weighted by Crippen LogP contribution is -2.13. The minimum Gasteiger partial charge on any atom is -0.0956 e. The van der Waals surface area contributed by atoms with E-state index in [0.717, 1.165) is 24.2 Å². The number of allylic oxidation sites excluding steroid dienone is 3. The van der Waals surface area contributed by atoms with Gasteiger partial charge in [0.2, 0.25) is 0 Å². The first-order valence-corrected chi connectivity index (χ1v) is 10.2. The molecule has 2 aliphatic rings. The Morgan fingerprint density at radius 1 is 0.958 bits per heavy atom. The van der Waals surface area contributed by atoms with E-state index in [2.05, 4.69) is 49.9 Å². The maximum absolute atomic E-state index is 4.32. The van der Waals surface area contributed by atoms with E-state index in [1.807, 2.05) is 0 Å². The smallest absolute Gasteiger partial charge is 0.00942 e. The molecule has 130 valence electrons. The minimum atomic E-state index is 0.728. The van der Waals surface area contributed by atoms with Gasteiger partial charge in [-0.15, -0.1) is 0 Å². The van der Waals surface area contributed by atoms with Crippen molar-refractivity contribution in [2.75, 3.05) is 0 Å². The molecule has 0 bridgehead atoms. The summed E-state index contributed by atoms with van der Waals surface area (Å²) in [5.74, 6) is 2.46.